The molecule has 1 heterocycles. The van der Waals surface area contributed by atoms with Crippen molar-refractivity contribution >= 4 is 11.6 Å². The zero-order valence-electron chi connectivity index (χ0n) is 16.6. The molecule has 0 radical (unpaired) electrons. The lowest BCUT2D eigenvalue weighted by Crippen LogP contribution is -2.36. The average Bonchev–Trinajstić information content (AvgIpc) is 3.26. The molecule has 0 aliphatic rings. The highest BCUT2D eigenvalue weighted by molar-refractivity contribution is 5.95. The van der Waals surface area contributed by atoms with Crippen molar-refractivity contribution < 1.29 is 22.9 Å². The van der Waals surface area contributed by atoms with E-state index in [0.29, 0.717) is 5.56 Å². The van der Waals surface area contributed by atoms with Crippen LogP contribution in [0.3, 0.4) is 0 Å². The van der Waals surface area contributed by atoms with E-state index in [9.17, 15) is 28.1 Å². The van der Waals surface area contributed by atoms with Crippen LogP contribution in [0.5, 0.6) is 0 Å². The summed E-state index contributed by atoms with van der Waals surface area (Å²) in [4.78, 5) is 27.1. The van der Waals surface area contributed by atoms with Crippen LogP contribution in [0.2, 0.25) is 0 Å². The first-order valence-electron chi connectivity index (χ1n) is 9.08. The number of carbonyl (C=O) groups excluding carboxylic acids is 1. The Morgan fingerprint density at radius 3 is 2.48 bits per heavy atom. The van der Waals surface area contributed by atoms with Gasteiger partial charge in [0, 0.05) is 23.6 Å². The van der Waals surface area contributed by atoms with Crippen molar-refractivity contribution in [1.29, 1.82) is 0 Å². The molecule has 0 saturated carbocycles. The lowest BCUT2D eigenvalue weighted by molar-refractivity contribution is -0.384. The van der Waals surface area contributed by atoms with E-state index in [-0.39, 0.29) is 23.5 Å². The van der Waals surface area contributed by atoms with Crippen LogP contribution >= 0.6 is 0 Å². The first-order valence-corrected chi connectivity index (χ1v) is 9.08. The minimum absolute atomic E-state index is 0.0196. The molecule has 11 heteroatoms. The fourth-order valence-corrected chi connectivity index (χ4v) is 2.96. The Labute approximate surface area is 174 Å². The van der Waals surface area contributed by atoms with Gasteiger partial charge in [-0.15, -0.1) is 0 Å². The van der Waals surface area contributed by atoms with Crippen LogP contribution in [0.4, 0.5) is 18.9 Å². The molecule has 1 aromatic heterocycles. The third-order valence-corrected chi connectivity index (χ3v) is 4.76. The SMILES string of the molecule is CC(C)(CNC(=O)c1ccc(-n2cncn2)c([N+](=O)[O-])c1)c1cccc(C(F)(F)F)c1. The summed E-state index contributed by atoms with van der Waals surface area (Å²) < 4.78 is 40.2. The fraction of sp³-hybridized carbons (Fsp3) is 0.250. The fourth-order valence-electron chi connectivity index (χ4n) is 2.96. The van der Waals surface area contributed by atoms with Crippen molar-refractivity contribution in [3.8, 4) is 5.69 Å². The second-order valence-corrected chi connectivity index (χ2v) is 7.45. The number of rotatable bonds is 6. The number of aromatic nitrogens is 3. The molecule has 0 fully saturated rings. The van der Waals surface area contributed by atoms with Gasteiger partial charge in [0.2, 0.25) is 0 Å². The number of amides is 1. The summed E-state index contributed by atoms with van der Waals surface area (Å²) in [5, 5.41) is 17.9. The van der Waals surface area contributed by atoms with Crippen molar-refractivity contribution in [3.63, 3.8) is 0 Å². The van der Waals surface area contributed by atoms with Gasteiger partial charge in [-0.3, -0.25) is 14.9 Å². The van der Waals surface area contributed by atoms with Crippen molar-refractivity contribution in [1.82, 2.24) is 20.1 Å². The van der Waals surface area contributed by atoms with E-state index >= 15 is 0 Å². The predicted molar refractivity (Wildman–Crippen MR) is 105 cm³/mol. The number of hydrogen-bond donors (Lipinski definition) is 1. The van der Waals surface area contributed by atoms with E-state index in [4.69, 9.17) is 0 Å². The van der Waals surface area contributed by atoms with Gasteiger partial charge in [-0.1, -0.05) is 32.0 Å². The largest absolute Gasteiger partial charge is 0.416 e. The van der Waals surface area contributed by atoms with Crippen molar-refractivity contribution in [2.24, 2.45) is 0 Å². The third kappa shape index (κ3) is 4.87. The molecule has 31 heavy (non-hydrogen) atoms. The zero-order chi connectivity index (χ0) is 22.8. The Balaban J connectivity index is 1.79. The Hall–Kier alpha value is -3.76. The number of nitro groups is 1. The highest BCUT2D eigenvalue weighted by atomic mass is 19.4. The second kappa shape index (κ2) is 8.17. The second-order valence-electron chi connectivity index (χ2n) is 7.45. The van der Waals surface area contributed by atoms with Crippen LogP contribution in [-0.2, 0) is 11.6 Å². The molecule has 1 N–H and O–H groups in total. The van der Waals surface area contributed by atoms with Crippen LogP contribution in [0.15, 0.2) is 55.1 Å². The minimum Gasteiger partial charge on any atom is -0.351 e. The normalized spacial score (nSPS) is 11.9. The molecule has 2 aromatic carbocycles. The molecule has 0 atom stereocenters. The number of benzene rings is 2. The summed E-state index contributed by atoms with van der Waals surface area (Å²) in [6.07, 6.45) is -1.96. The van der Waals surface area contributed by atoms with Gasteiger partial charge in [0.15, 0.2) is 0 Å². The molecule has 0 aliphatic heterocycles. The highest BCUT2D eigenvalue weighted by Gasteiger charge is 2.32. The molecule has 3 aromatic rings. The number of nitrogens with zero attached hydrogens (tertiary/aromatic N) is 4. The molecular formula is C20H18F3N5O3. The number of hydrogen-bond acceptors (Lipinski definition) is 5. The summed E-state index contributed by atoms with van der Waals surface area (Å²) in [7, 11) is 0. The molecule has 162 valence electrons. The first-order chi connectivity index (χ1) is 14.5. The van der Waals surface area contributed by atoms with Gasteiger partial charge >= 0.3 is 6.18 Å². The first kappa shape index (κ1) is 21.9. The van der Waals surface area contributed by atoms with Crippen LogP contribution in [-0.4, -0.2) is 32.1 Å². The van der Waals surface area contributed by atoms with Crippen LogP contribution in [0.25, 0.3) is 5.69 Å². The van der Waals surface area contributed by atoms with Gasteiger partial charge in [-0.25, -0.2) is 9.67 Å². The lowest BCUT2D eigenvalue weighted by atomic mass is 9.83. The Bertz CT molecular complexity index is 1110. The molecule has 0 aliphatic carbocycles. The number of nitrogens with one attached hydrogen (secondary N) is 1. The number of nitro benzene ring substituents is 1. The molecular weight excluding hydrogens is 415 g/mol. The summed E-state index contributed by atoms with van der Waals surface area (Å²) in [6.45, 7) is 3.41. The van der Waals surface area contributed by atoms with Gasteiger partial charge in [-0.2, -0.15) is 18.3 Å². The summed E-state index contributed by atoms with van der Waals surface area (Å²) in [5.74, 6) is -0.590. The van der Waals surface area contributed by atoms with Crippen LogP contribution in [0, 0.1) is 10.1 Å². The predicted octanol–water partition coefficient (Wildman–Crippen LogP) is 3.90. The average molecular weight is 433 g/mol. The van der Waals surface area contributed by atoms with Crippen molar-refractivity contribution in [2.75, 3.05) is 6.54 Å². The van der Waals surface area contributed by atoms with Crippen molar-refractivity contribution in [2.45, 2.75) is 25.4 Å². The van der Waals surface area contributed by atoms with E-state index in [1.54, 1.807) is 19.9 Å². The van der Waals surface area contributed by atoms with Gasteiger partial charge in [-0.05, 0) is 23.8 Å². The van der Waals surface area contributed by atoms with E-state index in [2.05, 4.69) is 15.4 Å². The zero-order valence-corrected chi connectivity index (χ0v) is 16.6. The van der Waals surface area contributed by atoms with Crippen molar-refractivity contribution in [3.05, 3.63) is 81.9 Å². The van der Waals surface area contributed by atoms with E-state index in [1.807, 2.05) is 0 Å². The Kier molecular flexibility index (Phi) is 5.78. The summed E-state index contributed by atoms with van der Waals surface area (Å²) in [6, 6.07) is 8.78. The van der Waals surface area contributed by atoms with E-state index in [0.717, 1.165) is 18.2 Å². The van der Waals surface area contributed by atoms with Gasteiger partial charge in [0.05, 0.1) is 10.5 Å². The minimum atomic E-state index is -4.47. The number of halogens is 3. The molecule has 1 amide bonds. The maximum atomic E-state index is 13.0. The van der Waals surface area contributed by atoms with Crippen LogP contribution < -0.4 is 5.32 Å². The summed E-state index contributed by atoms with van der Waals surface area (Å²) in [5.41, 5.74) is -1.35. The smallest absolute Gasteiger partial charge is 0.351 e. The maximum absolute atomic E-state index is 13.0. The topological polar surface area (TPSA) is 103 Å². The monoisotopic (exact) mass is 433 g/mol. The van der Waals surface area contributed by atoms with E-state index in [1.165, 1.54) is 35.5 Å². The highest BCUT2D eigenvalue weighted by Crippen LogP contribution is 2.32. The standard InChI is InChI=1S/C20H18F3N5O3/c1-19(2,14-4-3-5-15(9-14)20(21,22)23)10-25-18(29)13-6-7-16(17(8-13)28(30)31)27-12-24-11-26-27/h3-9,11-12H,10H2,1-2H3,(H,25,29). The lowest BCUT2D eigenvalue weighted by Gasteiger charge is -2.26. The summed E-state index contributed by atoms with van der Waals surface area (Å²) >= 11 is 0. The molecule has 0 saturated heterocycles. The maximum Gasteiger partial charge on any atom is 0.416 e. The third-order valence-electron chi connectivity index (χ3n) is 4.76. The van der Waals surface area contributed by atoms with Gasteiger partial charge in [0.1, 0.15) is 18.3 Å². The Morgan fingerprint density at radius 1 is 1.16 bits per heavy atom. The number of carbonyl (C=O) groups is 1. The quantitative estimate of drug-likeness (QED) is 0.469. The van der Waals surface area contributed by atoms with Crippen LogP contribution in [0.1, 0.15) is 35.3 Å². The molecule has 8 nitrogen and oxygen atoms in total. The molecule has 0 unspecified atom stereocenters. The molecule has 0 spiro atoms. The Morgan fingerprint density at radius 2 is 1.87 bits per heavy atom. The number of alkyl halides is 3. The van der Waals surface area contributed by atoms with E-state index < -0.39 is 28.0 Å². The molecule has 3 rings (SSSR count). The van der Waals surface area contributed by atoms with Gasteiger partial charge in [0.25, 0.3) is 11.6 Å². The van der Waals surface area contributed by atoms with Gasteiger partial charge < -0.3 is 5.32 Å². The molecule has 0 bridgehead atoms.